The zero-order chi connectivity index (χ0) is 12.8. The van der Waals surface area contributed by atoms with Crippen LogP contribution in [0.2, 0.25) is 0 Å². The van der Waals surface area contributed by atoms with Gasteiger partial charge in [0, 0.05) is 12.2 Å². The molecule has 0 aliphatic heterocycles. The van der Waals surface area contributed by atoms with Crippen LogP contribution in [-0.2, 0) is 11.3 Å². The lowest BCUT2D eigenvalue weighted by Gasteiger charge is -2.20. The summed E-state index contributed by atoms with van der Waals surface area (Å²) in [5, 5.41) is 0. The Morgan fingerprint density at radius 3 is 2.76 bits per heavy atom. The molecule has 0 aromatic carbocycles. The molecule has 0 saturated heterocycles. The summed E-state index contributed by atoms with van der Waals surface area (Å²) >= 11 is 4.74. The van der Waals surface area contributed by atoms with Crippen LogP contribution >= 0.6 is 12.2 Å². The number of nitrogens with two attached hydrogens (primary N) is 1. The number of hydrogen-bond acceptors (Lipinski definition) is 3. The zero-order valence-electron chi connectivity index (χ0n) is 10.1. The molecule has 1 aromatic heterocycles. The number of rotatable bonds is 5. The lowest BCUT2D eigenvalue weighted by atomic mass is 10.2. The van der Waals surface area contributed by atoms with Gasteiger partial charge < -0.3 is 10.6 Å². The van der Waals surface area contributed by atoms with Crippen molar-refractivity contribution in [2.45, 2.75) is 26.8 Å². The SMILES string of the molecule is CCN(Cc1cccc(C)n1)C(=O)CC(N)=S. The van der Waals surface area contributed by atoms with Gasteiger partial charge in [0.25, 0.3) is 0 Å². The fraction of sp³-hybridized carbons (Fsp3) is 0.417. The van der Waals surface area contributed by atoms with Crippen LogP contribution in [0.1, 0.15) is 24.7 Å². The van der Waals surface area contributed by atoms with E-state index in [9.17, 15) is 4.79 Å². The molecule has 17 heavy (non-hydrogen) atoms. The molecule has 1 amide bonds. The first-order valence-electron chi connectivity index (χ1n) is 5.51. The minimum Gasteiger partial charge on any atom is -0.393 e. The first kappa shape index (κ1) is 13.6. The number of carbonyl (C=O) groups is 1. The molecule has 0 atom stereocenters. The number of aromatic nitrogens is 1. The van der Waals surface area contributed by atoms with E-state index in [4.69, 9.17) is 18.0 Å². The number of pyridine rings is 1. The number of nitrogens with zero attached hydrogens (tertiary/aromatic N) is 2. The maximum atomic E-state index is 11.8. The van der Waals surface area contributed by atoms with Crippen LogP contribution in [0, 0.1) is 6.92 Å². The Morgan fingerprint density at radius 1 is 1.53 bits per heavy atom. The van der Waals surface area contributed by atoms with Crippen molar-refractivity contribution in [1.82, 2.24) is 9.88 Å². The van der Waals surface area contributed by atoms with Crippen LogP contribution in [0.25, 0.3) is 0 Å². The number of amides is 1. The molecule has 5 heteroatoms. The van der Waals surface area contributed by atoms with E-state index in [-0.39, 0.29) is 17.3 Å². The van der Waals surface area contributed by atoms with E-state index in [1.807, 2.05) is 32.0 Å². The standard InChI is InChI=1S/C12H17N3OS/c1-3-15(12(16)7-11(13)17)8-10-6-4-5-9(2)14-10/h4-6H,3,7-8H2,1-2H3,(H2,13,17). The largest absolute Gasteiger partial charge is 0.393 e. The Kier molecular flexibility index (Phi) is 5.03. The Hall–Kier alpha value is -1.49. The summed E-state index contributed by atoms with van der Waals surface area (Å²) in [5.41, 5.74) is 7.19. The maximum Gasteiger partial charge on any atom is 0.229 e. The van der Waals surface area contributed by atoms with Crippen LogP contribution in [-0.4, -0.2) is 27.3 Å². The fourth-order valence-corrected chi connectivity index (χ4v) is 1.64. The van der Waals surface area contributed by atoms with Gasteiger partial charge in [0.1, 0.15) is 0 Å². The molecule has 0 unspecified atom stereocenters. The van der Waals surface area contributed by atoms with Crippen molar-refractivity contribution in [1.29, 1.82) is 0 Å². The Labute approximate surface area is 107 Å². The quantitative estimate of drug-likeness (QED) is 0.804. The molecule has 0 fully saturated rings. The molecule has 2 N–H and O–H groups in total. The lowest BCUT2D eigenvalue weighted by Crippen LogP contribution is -2.33. The van der Waals surface area contributed by atoms with Crippen LogP contribution in [0.4, 0.5) is 0 Å². The minimum absolute atomic E-state index is 0.0525. The van der Waals surface area contributed by atoms with E-state index in [0.717, 1.165) is 11.4 Å². The molecule has 0 radical (unpaired) electrons. The summed E-state index contributed by atoms with van der Waals surface area (Å²) in [6, 6.07) is 5.77. The monoisotopic (exact) mass is 251 g/mol. The summed E-state index contributed by atoms with van der Waals surface area (Å²) in [6.07, 6.45) is 0.120. The van der Waals surface area contributed by atoms with Gasteiger partial charge >= 0.3 is 0 Å². The topological polar surface area (TPSA) is 59.2 Å². The highest BCUT2D eigenvalue weighted by atomic mass is 32.1. The number of thiocarbonyl (C=S) groups is 1. The predicted octanol–water partition coefficient (Wildman–Crippen LogP) is 1.41. The normalized spacial score (nSPS) is 10.0. The Bertz CT molecular complexity index is 420. The van der Waals surface area contributed by atoms with Crippen LogP contribution in [0.15, 0.2) is 18.2 Å². The molecule has 92 valence electrons. The van der Waals surface area contributed by atoms with E-state index in [1.54, 1.807) is 4.90 Å². The molecular formula is C12H17N3OS. The minimum atomic E-state index is -0.0525. The van der Waals surface area contributed by atoms with Crippen molar-refractivity contribution in [3.8, 4) is 0 Å². The van der Waals surface area contributed by atoms with E-state index in [0.29, 0.717) is 13.1 Å². The molecule has 4 nitrogen and oxygen atoms in total. The smallest absolute Gasteiger partial charge is 0.229 e. The molecule has 0 bridgehead atoms. The number of aryl methyl sites for hydroxylation is 1. The van der Waals surface area contributed by atoms with Gasteiger partial charge in [-0.2, -0.15) is 0 Å². The van der Waals surface area contributed by atoms with Crippen molar-refractivity contribution in [3.05, 3.63) is 29.6 Å². The van der Waals surface area contributed by atoms with Crippen LogP contribution < -0.4 is 5.73 Å². The molecule has 0 saturated carbocycles. The molecule has 0 aliphatic carbocycles. The van der Waals surface area contributed by atoms with Crippen molar-refractivity contribution < 1.29 is 4.79 Å². The van der Waals surface area contributed by atoms with E-state index >= 15 is 0 Å². The first-order valence-corrected chi connectivity index (χ1v) is 5.92. The van der Waals surface area contributed by atoms with Gasteiger partial charge in [-0.15, -0.1) is 0 Å². The highest BCUT2D eigenvalue weighted by Crippen LogP contribution is 2.05. The van der Waals surface area contributed by atoms with Crippen molar-refractivity contribution in [2.75, 3.05) is 6.54 Å². The second kappa shape index (κ2) is 6.30. The van der Waals surface area contributed by atoms with E-state index in [2.05, 4.69) is 4.98 Å². The van der Waals surface area contributed by atoms with Gasteiger partial charge in [0.05, 0.1) is 23.6 Å². The molecule has 1 heterocycles. The third-order valence-electron chi connectivity index (χ3n) is 2.36. The first-order chi connectivity index (χ1) is 8.02. The predicted molar refractivity (Wildman–Crippen MR) is 71.5 cm³/mol. The highest BCUT2D eigenvalue weighted by molar-refractivity contribution is 7.80. The number of hydrogen-bond donors (Lipinski definition) is 1. The van der Waals surface area contributed by atoms with Gasteiger partial charge in [0.2, 0.25) is 5.91 Å². The van der Waals surface area contributed by atoms with Gasteiger partial charge in [-0.1, -0.05) is 18.3 Å². The Balaban J connectivity index is 2.69. The summed E-state index contributed by atoms with van der Waals surface area (Å²) in [5.74, 6) is -0.0525. The summed E-state index contributed by atoms with van der Waals surface area (Å²) < 4.78 is 0. The Morgan fingerprint density at radius 2 is 2.24 bits per heavy atom. The average molecular weight is 251 g/mol. The zero-order valence-corrected chi connectivity index (χ0v) is 11.0. The van der Waals surface area contributed by atoms with E-state index < -0.39 is 0 Å². The molecule has 1 rings (SSSR count). The maximum absolute atomic E-state index is 11.8. The van der Waals surface area contributed by atoms with Crippen molar-refractivity contribution in [3.63, 3.8) is 0 Å². The molecule has 0 aliphatic rings. The summed E-state index contributed by atoms with van der Waals surface area (Å²) in [7, 11) is 0. The van der Waals surface area contributed by atoms with Crippen LogP contribution in [0.5, 0.6) is 0 Å². The van der Waals surface area contributed by atoms with Crippen LogP contribution in [0.3, 0.4) is 0 Å². The molecular weight excluding hydrogens is 234 g/mol. The van der Waals surface area contributed by atoms with Gasteiger partial charge in [-0.3, -0.25) is 9.78 Å². The fourth-order valence-electron chi connectivity index (χ4n) is 1.52. The third-order valence-corrected chi connectivity index (χ3v) is 2.50. The van der Waals surface area contributed by atoms with Gasteiger partial charge in [0.15, 0.2) is 0 Å². The lowest BCUT2D eigenvalue weighted by molar-refractivity contribution is -0.130. The van der Waals surface area contributed by atoms with Crippen molar-refractivity contribution >= 4 is 23.1 Å². The summed E-state index contributed by atoms with van der Waals surface area (Å²) in [4.78, 5) is 18.1. The number of carbonyl (C=O) groups excluding carboxylic acids is 1. The molecule has 0 spiro atoms. The van der Waals surface area contributed by atoms with Gasteiger partial charge in [-0.25, -0.2) is 0 Å². The summed E-state index contributed by atoms with van der Waals surface area (Å²) in [6.45, 7) is 4.97. The molecule has 1 aromatic rings. The van der Waals surface area contributed by atoms with Gasteiger partial charge in [-0.05, 0) is 26.0 Å². The van der Waals surface area contributed by atoms with E-state index in [1.165, 1.54) is 0 Å². The highest BCUT2D eigenvalue weighted by Gasteiger charge is 2.13. The third kappa shape index (κ3) is 4.48. The average Bonchev–Trinajstić information content (AvgIpc) is 2.24. The second-order valence-electron chi connectivity index (χ2n) is 3.82. The van der Waals surface area contributed by atoms with Crippen molar-refractivity contribution in [2.24, 2.45) is 5.73 Å². The second-order valence-corrected chi connectivity index (χ2v) is 4.35.